The third-order valence-electron chi connectivity index (χ3n) is 3.50. The molecule has 3 N–H and O–H groups in total. The largest absolute Gasteiger partial charge is 0.505 e. The Morgan fingerprint density at radius 3 is 2.09 bits per heavy atom. The Balaban J connectivity index is 2.00. The molecule has 114 valence electrons. The van der Waals surface area contributed by atoms with E-state index in [1.165, 1.54) is 30.3 Å². The third-order valence-corrected chi connectivity index (χ3v) is 3.50. The van der Waals surface area contributed by atoms with Gasteiger partial charge < -0.3 is 15.5 Å². The predicted octanol–water partition coefficient (Wildman–Crippen LogP) is 2.49. The number of ketones is 2. The van der Waals surface area contributed by atoms with Gasteiger partial charge in [-0.15, -0.1) is 0 Å². The molecule has 2 aromatic carbocycles. The van der Waals surface area contributed by atoms with E-state index in [0.717, 1.165) is 0 Å². The minimum absolute atomic E-state index is 0.0881. The van der Waals surface area contributed by atoms with Crippen molar-refractivity contribution in [2.45, 2.75) is 0 Å². The molecule has 0 radical (unpaired) electrons. The van der Waals surface area contributed by atoms with Crippen molar-refractivity contribution in [2.24, 2.45) is 0 Å². The lowest BCUT2D eigenvalue weighted by Gasteiger charge is -2.18. The Hall–Kier alpha value is -3.41. The molecule has 6 heteroatoms. The summed E-state index contributed by atoms with van der Waals surface area (Å²) in [6.45, 7) is 0. The summed E-state index contributed by atoms with van der Waals surface area (Å²) in [7, 11) is 0. The van der Waals surface area contributed by atoms with E-state index in [2.05, 4.69) is 5.32 Å². The van der Waals surface area contributed by atoms with Crippen molar-refractivity contribution < 1.29 is 24.6 Å². The average molecular weight is 309 g/mol. The first kappa shape index (κ1) is 14.5. The van der Waals surface area contributed by atoms with Crippen molar-refractivity contribution in [1.82, 2.24) is 0 Å². The lowest BCUT2D eigenvalue weighted by Crippen LogP contribution is -2.27. The van der Waals surface area contributed by atoms with Crippen molar-refractivity contribution in [2.75, 3.05) is 5.32 Å². The van der Waals surface area contributed by atoms with Gasteiger partial charge in [-0.2, -0.15) is 0 Å². The molecule has 0 unspecified atom stereocenters. The van der Waals surface area contributed by atoms with E-state index >= 15 is 0 Å². The third kappa shape index (κ3) is 2.46. The Kier molecular flexibility index (Phi) is 3.42. The number of Topliss-reactive ketones (excluding diaryl/α,β-unsaturated/α-hetero) is 2. The quantitative estimate of drug-likeness (QED) is 0.753. The van der Waals surface area contributed by atoms with Crippen LogP contribution in [0.4, 0.5) is 5.69 Å². The summed E-state index contributed by atoms with van der Waals surface area (Å²) in [5.74, 6) is -2.93. The number of aliphatic hydroxyl groups is 1. The van der Waals surface area contributed by atoms with Gasteiger partial charge in [0, 0.05) is 16.8 Å². The van der Waals surface area contributed by atoms with E-state index in [1.54, 1.807) is 18.2 Å². The highest BCUT2D eigenvalue weighted by Gasteiger charge is 2.32. The molecule has 0 spiro atoms. The number of carbonyl (C=O) groups is 3. The van der Waals surface area contributed by atoms with E-state index < -0.39 is 17.5 Å². The number of aliphatic hydroxyl groups excluding tert-OH is 1. The monoisotopic (exact) mass is 309 g/mol. The summed E-state index contributed by atoms with van der Waals surface area (Å²) in [6.07, 6.45) is 0. The van der Waals surface area contributed by atoms with Crippen LogP contribution in [-0.2, 0) is 4.79 Å². The van der Waals surface area contributed by atoms with Crippen molar-refractivity contribution in [3.8, 4) is 0 Å². The van der Waals surface area contributed by atoms with Crippen LogP contribution in [0.3, 0.4) is 0 Å². The highest BCUT2D eigenvalue weighted by molar-refractivity contribution is 6.52. The zero-order valence-corrected chi connectivity index (χ0v) is 11.7. The fourth-order valence-electron chi connectivity index (χ4n) is 2.32. The molecule has 0 aromatic heterocycles. The maximum atomic E-state index is 12.2. The Morgan fingerprint density at radius 2 is 1.48 bits per heavy atom. The summed E-state index contributed by atoms with van der Waals surface area (Å²) >= 11 is 0. The first-order chi connectivity index (χ1) is 11.0. The van der Waals surface area contributed by atoms with Crippen LogP contribution in [-0.4, -0.2) is 27.7 Å². The number of carboxylic acid groups (broad SMARTS) is 1. The number of carboxylic acids is 1. The molecule has 0 atom stereocenters. The first-order valence-corrected chi connectivity index (χ1v) is 6.71. The van der Waals surface area contributed by atoms with Crippen LogP contribution in [0.1, 0.15) is 26.3 Å². The molecule has 23 heavy (non-hydrogen) atoms. The van der Waals surface area contributed by atoms with E-state index in [4.69, 9.17) is 5.11 Å². The van der Waals surface area contributed by atoms with Gasteiger partial charge in [0.1, 0.15) is 5.70 Å². The molecular formula is C17H11NO5. The van der Waals surface area contributed by atoms with Gasteiger partial charge in [-0.05, 0) is 24.3 Å². The number of hydrogen-bond donors (Lipinski definition) is 3. The van der Waals surface area contributed by atoms with Crippen LogP contribution in [0.25, 0.3) is 5.76 Å². The molecule has 6 nitrogen and oxygen atoms in total. The van der Waals surface area contributed by atoms with Crippen LogP contribution >= 0.6 is 0 Å². The molecule has 0 aliphatic heterocycles. The molecule has 1 aliphatic carbocycles. The maximum Gasteiger partial charge on any atom is 0.335 e. The molecule has 2 aromatic rings. The number of nitrogens with one attached hydrogen (secondary N) is 1. The number of fused-ring (bicyclic) bond motifs is 1. The van der Waals surface area contributed by atoms with Gasteiger partial charge in [0.05, 0.1) is 5.56 Å². The summed E-state index contributed by atoms with van der Waals surface area (Å²) in [6, 6.07) is 11.9. The zero-order valence-electron chi connectivity index (χ0n) is 11.7. The number of anilines is 1. The van der Waals surface area contributed by atoms with Crippen LogP contribution < -0.4 is 5.32 Å². The number of benzene rings is 2. The second-order valence-corrected chi connectivity index (χ2v) is 4.93. The van der Waals surface area contributed by atoms with Crippen molar-refractivity contribution in [3.05, 3.63) is 70.9 Å². The summed E-state index contributed by atoms with van der Waals surface area (Å²) in [4.78, 5) is 35.1. The number of hydrogen-bond acceptors (Lipinski definition) is 5. The van der Waals surface area contributed by atoms with Crippen LogP contribution in [0, 0.1) is 0 Å². The van der Waals surface area contributed by atoms with Crippen LogP contribution in [0.5, 0.6) is 0 Å². The average Bonchev–Trinajstić information content (AvgIpc) is 2.57. The second-order valence-electron chi connectivity index (χ2n) is 4.93. The molecule has 0 bridgehead atoms. The van der Waals surface area contributed by atoms with E-state index in [1.807, 2.05) is 0 Å². The van der Waals surface area contributed by atoms with Crippen LogP contribution in [0.2, 0.25) is 0 Å². The van der Waals surface area contributed by atoms with Crippen molar-refractivity contribution in [3.63, 3.8) is 0 Å². The minimum Gasteiger partial charge on any atom is -0.505 e. The number of allylic oxidation sites excluding steroid dienone is 1. The fraction of sp³-hybridized carbons (Fsp3) is 0. The predicted molar refractivity (Wildman–Crippen MR) is 82.4 cm³/mol. The topological polar surface area (TPSA) is 104 Å². The van der Waals surface area contributed by atoms with E-state index in [-0.39, 0.29) is 28.1 Å². The summed E-state index contributed by atoms with van der Waals surface area (Å²) in [5, 5.41) is 21.8. The molecular weight excluding hydrogens is 298 g/mol. The van der Waals surface area contributed by atoms with Gasteiger partial charge in [0.2, 0.25) is 5.78 Å². The van der Waals surface area contributed by atoms with Gasteiger partial charge in [0.25, 0.3) is 5.78 Å². The first-order valence-electron chi connectivity index (χ1n) is 6.71. The standard InChI is InChI=1S/C17H11NO5/c19-14-11-3-1-2-4-12(11)15(20)16(21)13(14)18-10-7-5-9(6-8-10)17(22)23/h1-8,18-19H,(H,22,23). The molecule has 0 saturated heterocycles. The fourth-order valence-corrected chi connectivity index (χ4v) is 2.32. The summed E-state index contributed by atoms with van der Waals surface area (Å²) in [5.41, 5.74) is 0.683. The number of carbonyl (C=O) groups excluding carboxylic acids is 2. The van der Waals surface area contributed by atoms with Crippen molar-refractivity contribution in [1.29, 1.82) is 0 Å². The lowest BCUT2D eigenvalue weighted by molar-refractivity contribution is -0.111. The van der Waals surface area contributed by atoms with Crippen LogP contribution in [0.15, 0.2) is 54.2 Å². The summed E-state index contributed by atoms with van der Waals surface area (Å²) < 4.78 is 0. The van der Waals surface area contributed by atoms with Gasteiger partial charge in [-0.1, -0.05) is 24.3 Å². The molecule has 0 heterocycles. The van der Waals surface area contributed by atoms with Gasteiger partial charge in [0.15, 0.2) is 5.76 Å². The Bertz CT molecular complexity index is 865. The highest BCUT2D eigenvalue weighted by atomic mass is 16.4. The van der Waals surface area contributed by atoms with E-state index in [0.29, 0.717) is 5.69 Å². The lowest BCUT2D eigenvalue weighted by atomic mass is 9.91. The number of aromatic carboxylic acids is 1. The molecule has 0 amide bonds. The Morgan fingerprint density at radius 1 is 0.870 bits per heavy atom. The highest BCUT2D eigenvalue weighted by Crippen LogP contribution is 2.28. The zero-order chi connectivity index (χ0) is 16.6. The van der Waals surface area contributed by atoms with Gasteiger partial charge in [-0.3, -0.25) is 9.59 Å². The normalized spacial score (nSPS) is 13.7. The smallest absolute Gasteiger partial charge is 0.335 e. The molecule has 3 rings (SSSR count). The van der Waals surface area contributed by atoms with E-state index in [9.17, 15) is 19.5 Å². The van der Waals surface area contributed by atoms with Gasteiger partial charge >= 0.3 is 5.97 Å². The molecule has 0 fully saturated rings. The molecule has 0 saturated carbocycles. The van der Waals surface area contributed by atoms with Crippen molar-refractivity contribution >= 4 is 29.0 Å². The maximum absolute atomic E-state index is 12.2. The minimum atomic E-state index is -1.07. The SMILES string of the molecule is O=C1C(=O)c2ccccc2C(O)=C1Nc1ccc(C(=O)O)cc1. The Labute approximate surface area is 130 Å². The molecule has 1 aliphatic rings. The second kappa shape index (κ2) is 5.42. The van der Waals surface area contributed by atoms with Gasteiger partial charge in [-0.25, -0.2) is 4.79 Å². The number of rotatable bonds is 3.